The van der Waals surface area contributed by atoms with E-state index in [4.69, 9.17) is 47.9 Å². The molecule has 3 fully saturated rings. The molecule has 2 saturated heterocycles. The van der Waals surface area contributed by atoms with E-state index in [9.17, 15) is 9.59 Å². The molecule has 2 N–H and O–H groups in total. The molecule has 0 aromatic heterocycles. The van der Waals surface area contributed by atoms with Gasteiger partial charge in [0, 0.05) is 18.7 Å². The fraction of sp³-hybridized carbons (Fsp3) is 0.588. The van der Waals surface area contributed by atoms with Crippen molar-refractivity contribution < 1.29 is 28.5 Å². The molecule has 246 valence electrons. The second-order valence-corrected chi connectivity index (χ2v) is 13.4. The summed E-state index contributed by atoms with van der Waals surface area (Å²) in [5, 5.41) is 0.889. The summed E-state index contributed by atoms with van der Waals surface area (Å²) >= 11 is 12.8. The molecule has 1 aliphatic carbocycles. The number of halogens is 2. The lowest BCUT2D eigenvalue weighted by atomic mass is 9.63. The molecule has 2 heterocycles. The first-order valence-corrected chi connectivity index (χ1v) is 16.6. The zero-order valence-electron chi connectivity index (χ0n) is 26.5. The van der Waals surface area contributed by atoms with E-state index in [1.54, 1.807) is 18.2 Å². The first-order chi connectivity index (χ1) is 21.7. The summed E-state index contributed by atoms with van der Waals surface area (Å²) < 4.78 is 23.0. The number of carbonyl (C=O) groups is 2. The molecule has 2 aromatic carbocycles. The average molecular weight is 663 g/mol. The van der Waals surface area contributed by atoms with Gasteiger partial charge in [0.2, 0.25) is 11.7 Å². The fourth-order valence-corrected chi connectivity index (χ4v) is 7.92. The summed E-state index contributed by atoms with van der Waals surface area (Å²) in [6, 6.07) is 8.89. The van der Waals surface area contributed by atoms with Gasteiger partial charge >= 0.3 is 0 Å². The molecule has 1 atom stereocenters. The molecule has 45 heavy (non-hydrogen) atoms. The summed E-state index contributed by atoms with van der Waals surface area (Å²) in [5.74, 6) is 1.32. The predicted molar refractivity (Wildman–Crippen MR) is 175 cm³/mol. The van der Waals surface area contributed by atoms with Crippen LogP contribution < -0.4 is 19.9 Å². The topological polar surface area (TPSA) is 104 Å². The van der Waals surface area contributed by atoms with Gasteiger partial charge in [-0.15, -0.1) is 0 Å². The van der Waals surface area contributed by atoms with Crippen LogP contribution in [-0.2, 0) is 15.1 Å². The summed E-state index contributed by atoms with van der Waals surface area (Å²) in [7, 11) is 4.58. The van der Waals surface area contributed by atoms with Crippen LogP contribution in [0.25, 0.3) is 0 Å². The highest BCUT2D eigenvalue weighted by atomic mass is 35.5. The highest BCUT2D eigenvalue weighted by molar-refractivity contribution is 6.42. The van der Waals surface area contributed by atoms with Crippen molar-refractivity contribution in [1.29, 1.82) is 0 Å². The maximum absolute atomic E-state index is 14.0. The lowest BCUT2D eigenvalue weighted by Crippen LogP contribution is -2.54. The van der Waals surface area contributed by atoms with Crippen LogP contribution in [0.4, 0.5) is 0 Å². The van der Waals surface area contributed by atoms with E-state index < -0.39 is 11.0 Å². The minimum atomic E-state index is -0.815. The quantitative estimate of drug-likeness (QED) is 0.337. The number of nitrogens with zero attached hydrogens (tertiary/aromatic N) is 2. The number of morpholine rings is 1. The Labute approximate surface area is 276 Å². The summed E-state index contributed by atoms with van der Waals surface area (Å²) in [6.07, 6.45) is 7.96. The number of ether oxygens (including phenoxy) is 4. The largest absolute Gasteiger partial charge is 0.493 e. The van der Waals surface area contributed by atoms with Crippen LogP contribution in [0.15, 0.2) is 30.3 Å². The SMILES string of the molecule is COc1cc(C(=O)N2CCOC(CCN3CCC(C(N)=O)(C4CCCCC4)CC3)(c3ccc(Cl)c(Cl)c3)C2)cc(OC)c1OC. The van der Waals surface area contributed by atoms with Gasteiger partial charge in [0.25, 0.3) is 5.91 Å². The molecule has 5 rings (SSSR count). The Balaban J connectivity index is 1.37. The van der Waals surface area contributed by atoms with E-state index in [0.29, 0.717) is 64.9 Å². The number of methoxy groups -OCH3 is 3. The van der Waals surface area contributed by atoms with Crippen molar-refractivity contribution in [3.05, 3.63) is 51.5 Å². The molecule has 0 spiro atoms. The number of carbonyl (C=O) groups excluding carboxylic acids is 2. The summed E-state index contributed by atoms with van der Waals surface area (Å²) in [6.45, 7) is 3.41. The highest BCUT2D eigenvalue weighted by Crippen LogP contribution is 2.46. The molecule has 0 bridgehead atoms. The van der Waals surface area contributed by atoms with Gasteiger partial charge < -0.3 is 34.5 Å². The molecule has 2 amide bonds. The molecule has 0 radical (unpaired) electrons. The first-order valence-electron chi connectivity index (χ1n) is 15.9. The third-order valence-corrected chi connectivity index (χ3v) is 11.0. The molecule has 2 aliphatic heterocycles. The number of nitrogens with two attached hydrogens (primary N) is 1. The Morgan fingerprint density at radius 2 is 1.60 bits per heavy atom. The second-order valence-electron chi connectivity index (χ2n) is 12.6. The Morgan fingerprint density at radius 3 is 2.18 bits per heavy atom. The maximum atomic E-state index is 14.0. The third-order valence-electron chi connectivity index (χ3n) is 10.3. The van der Waals surface area contributed by atoms with Crippen LogP contribution in [0.2, 0.25) is 10.0 Å². The first kappa shape index (κ1) is 33.6. The van der Waals surface area contributed by atoms with Gasteiger partial charge in [0.15, 0.2) is 11.5 Å². The maximum Gasteiger partial charge on any atom is 0.254 e. The van der Waals surface area contributed by atoms with Crippen LogP contribution in [0.3, 0.4) is 0 Å². The average Bonchev–Trinajstić information content (AvgIpc) is 3.08. The summed E-state index contributed by atoms with van der Waals surface area (Å²) in [5.41, 5.74) is 6.14. The predicted octanol–water partition coefficient (Wildman–Crippen LogP) is 5.93. The van der Waals surface area contributed by atoms with Gasteiger partial charge in [-0.1, -0.05) is 48.5 Å². The molecular formula is C34H45Cl2N3O6. The van der Waals surface area contributed by atoms with E-state index in [2.05, 4.69) is 4.90 Å². The zero-order chi connectivity index (χ0) is 32.2. The van der Waals surface area contributed by atoms with Crippen LogP contribution >= 0.6 is 23.2 Å². The number of benzene rings is 2. The van der Waals surface area contributed by atoms with Gasteiger partial charge in [-0.25, -0.2) is 0 Å². The molecule has 2 aromatic rings. The molecule has 9 nitrogen and oxygen atoms in total. The molecule has 1 saturated carbocycles. The molecule has 1 unspecified atom stereocenters. The zero-order valence-corrected chi connectivity index (χ0v) is 28.1. The number of hydrogen-bond acceptors (Lipinski definition) is 7. The number of likely N-dealkylation sites (tertiary alicyclic amines) is 1. The van der Waals surface area contributed by atoms with E-state index in [-0.39, 0.29) is 11.8 Å². The number of rotatable bonds is 10. The Bertz CT molecular complexity index is 1350. The van der Waals surface area contributed by atoms with Crippen LogP contribution in [-0.4, -0.2) is 82.3 Å². The van der Waals surface area contributed by atoms with E-state index >= 15 is 0 Å². The van der Waals surface area contributed by atoms with Crippen molar-refractivity contribution in [3.8, 4) is 17.2 Å². The normalized spacial score (nSPS) is 22.6. The van der Waals surface area contributed by atoms with Gasteiger partial charge in [-0.3, -0.25) is 9.59 Å². The minimum absolute atomic E-state index is 0.141. The molecule has 11 heteroatoms. The van der Waals surface area contributed by atoms with E-state index in [1.165, 1.54) is 40.6 Å². The standard InChI is InChI=1S/C34H45Cl2N3O6/c1-42-28-19-23(20-29(43-2)30(28)44-3)31(40)39-17-18-45-34(22-39,25-9-10-26(35)27(36)21-25)13-16-38-14-11-33(12-15-38,32(37)41)24-7-5-4-6-8-24/h9-10,19-21,24H,4-8,11-18,22H2,1-3H3,(H2,37,41). The Kier molecular flexibility index (Phi) is 10.7. The van der Waals surface area contributed by atoms with E-state index in [1.807, 2.05) is 17.0 Å². The van der Waals surface area contributed by atoms with Crippen molar-refractivity contribution in [1.82, 2.24) is 9.80 Å². The lowest BCUT2D eigenvalue weighted by Gasteiger charge is -2.47. The fourth-order valence-electron chi connectivity index (χ4n) is 7.62. The van der Waals surface area contributed by atoms with Crippen molar-refractivity contribution in [2.75, 3.05) is 60.7 Å². The van der Waals surface area contributed by atoms with Crippen molar-refractivity contribution in [2.24, 2.45) is 17.1 Å². The third kappa shape index (κ3) is 6.87. The van der Waals surface area contributed by atoms with Gasteiger partial charge in [0.1, 0.15) is 5.60 Å². The van der Waals surface area contributed by atoms with Crippen LogP contribution in [0, 0.1) is 11.3 Å². The van der Waals surface area contributed by atoms with Crippen LogP contribution in [0.1, 0.15) is 67.3 Å². The van der Waals surface area contributed by atoms with Crippen molar-refractivity contribution in [3.63, 3.8) is 0 Å². The molecular weight excluding hydrogens is 617 g/mol. The number of hydrogen-bond donors (Lipinski definition) is 1. The molecule has 3 aliphatic rings. The second kappa shape index (κ2) is 14.4. The van der Waals surface area contributed by atoms with Crippen molar-refractivity contribution >= 4 is 35.0 Å². The van der Waals surface area contributed by atoms with Gasteiger partial charge in [0.05, 0.1) is 49.9 Å². The Hall–Kier alpha value is -2.72. The van der Waals surface area contributed by atoms with Crippen LogP contribution in [0.5, 0.6) is 17.2 Å². The lowest BCUT2D eigenvalue weighted by molar-refractivity contribution is -0.137. The Morgan fingerprint density at radius 1 is 0.933 bits per heavy atom. The van der Waals surface area contributed by atoms with Crippen molar-refractivity contribution in [2.45, 2.75) is 57.0 Å². The number of piperidine rings is 1. The minimum Gasteiger partial charge on any atom is -0.493 e. The van der Waals surface area contributed by atoms with E-state index in [0.717, 1.165) is 50.9 Å². The van der Waals surface area contributed by atoms with Gasteiger partial charge in [-0.05, 0) is 80.9 Å². The van der Waals surface area contributed by atoms with Gasteiger partial charge in [-0.2, -0.15) is 0 Å². The smallest absolute Gasteiger partial charge is 0.254 e. The monoisotopic (exact) mass is 661 g/mol. The number of primary amides is 1. The number of amides is 2. The highest BCUT2D eigenvalue weighted by Gasteiger charge is 2.47. The summed E-state index contributed by atoms with van der Waals surface area (Å²) in [4.78, 5) is 31.0.